The zero-order valence-corrected chi connectivity index (χ0v) is 12.1. The normalized spacial score (nSPS) is 13.6. The average Bonchev–Trinajstić information content (AvgIpc) is 2.46. The van der Waals surface area contributed by atoms with Crippen molar-refractivity contribution in [2.45, 2.75) is 39.0 Å². The van der Waals surface area contributed by atoms with Crippen LogP contribution in [0.1, 0.15) is 25.0 Å². The van der Waals surface area contributed by atoms with Gasteiger partial charge in [-0.1, -0.05) is 24.3 Å². The summed E-state index contributed by atoms with van der Waals surface area (Å²) < 4.78 is 0. The van der Waals surface area contributed by atoms with Gasteiger partial charge in [-0.2, -0.15) is 0 Å². The Bertz CT molecular complexity index is 457. The molecule has 3 N–H and O–H groups in total. The van der Waals surface area contributed by atoms with Gasteiger partial charge in [-0.05, 0) is 32.0 Å². The molecular formula is C15H22N2O3. The van der Waals surface area contributed by atoms with E-state index >= 15 is 0 Å². The number of hydrogen-bond donors (Lipinski definition) is 3. The molecule has 1 amide bonds. The second kappa shape index (κ2) is 7.77. The van der Waals surface area contributed by atoms with Crippen LogP contribution in [0.3, 0.4) is 0 Å². The van der Waals surface area contributed by atoms with Gasteiger partial charge in [0.05, 0.1) is 18.7 Å². The van der Waals surface area contributed by atoms with Gasteiger partial charge in [-0.25, -0.2) is 0 Å². The molecule has 0 heterocycles. The quantitative estimate of drug-likeness (QED) is 0.675. The number of amides is 1. The van der Waals surface area contributed by atoms with E-state index in [0.29, 0.717) is 0 Å². The van der Waals surface area contributed by atoms with Gasteiger partial charge in [0.1, 0.15) is 0 Å². The van der Waals surface area contributed by atoms with Crippen molar-refractivity contribution in [2.24, 2.45) is 0 Å². The number of carbonyl (C=O) groups excluding carboxylic acids is 2. The molecule has 1 rings (SSSR count). The summed E-state index contributed by atoms with van der Waals surface area (Å²) in [5.41, 5.74) is 1.68. The van der Waals surface area contributed by atoms with Crippen molar-refractivity contribution in [1.29, 1.82) is 0 Å². The van der Waals surface area contributed by atoms with E-state index in [2.05, 4.69) is 10.6 Å². The second-order valence-corrected chi connectivity index (χ2v) is 4.86. The van der Waals surface area contributed by atoms with Crippen LogP contribution in [0.5, 0.6) is 0 Å². The SMILES string of the molecule is CN[C@@H](C)C(=O)N[C@@H](C)C(=O)Cc1ccc(CO)cc1. The molecule has 20 heavy (non-hydrogen) atoms. The number of likely N-dealkylation sites (N-methyl/N-ethyl adjacent to an activating group) is 1. The Morgan fingerprint density at radius 1 is 1.10 bits per heavy atom. The Hall–Kier alpha value is -1.72. The number of ketones is 1. The summed E-state index contributed by atoms with van der Waals surface area (Å²) in [6.07, 6.45) is 0.265. The van der Waals surface area contributed by atoms with Crippen LogP contribution in [0.2, 0.25) is 0 Å². The van der Waals surface area contributed by atoms with E-state index in [1.54, 1.807) is 33.0 Å². The van der Waals surface area contributed by atoms with Gasteiger partial charge in [-0.15, -0.1) is 0 Å². The van der Waals surface area contributed by atoms with Crippen LogP contribution in [0, 0.1) is 0 Å². The third kappa shape index (κ3) is 4.75. The van der Waals surface area contributed by atoms with Crippen molar-refractivity contribution in [1.82, 2.24) is 10.6 Å². The maximum atomic E-state index is 12.0. The topological polar surface area (TPSA) is 78.4 Å². The molecule has 0 fully saturated rings. The maximum Gasteiger partial charge on any atom is 0.237 e. The highest BCUT2D eigenvalue weighted by Gasteiger charge is 2.18. The van der Waals surface area contributed by atoms with Crippen molar-refractivity contribution in [3.05, 3.63) is 35.4 Å². The lowest BCUT2D eigenvalue weighted by molar-refractivity contribution is -0.128. The van der Waals surface area contributed by atoms with Crippen LogP contribution in [-0.2, 0) is 22.6 Å². The molecule has 0 bridgehead atoms. The third-order valence-electron chi connectivity index (χ3n) is 3.25. The largest absolute Gasteiger partial charge is 0.392 e. The molecule has 0 aromatic heterocycles. The van der Waals surface area contributed by atoms with E-state index < -0.39 is 6.04 Å². The number of rotatable bonds is 7. The molecule has 0 aliphatic rings. The average molecular weight is 278 g/mol. The minimum Gasteiger partial charge on any atom is -0.392 e. The Morgan fingerprint density at radius 2 is 1.65 bits per heavy atom. The Labute approximate surface area is 119 Å². The van der Waals surface area contributed by atoms with Gasteiger partial charge in [0.25, 0.3) is 0 Å². The van der Waals surface area contributed by atoms with Gasteiger partial charge in [-0.3, -0.25) is 9.59 Å². The van der Waals surface area contributed by atoms with Crippen LogP contribution in [0.4, 0.5) is 0 Å². The van der Waals surface area contributed by atoms with E-state index in [9.17, 15) is 9.59 Å². The number of aliphatic hydroxyl groups is 1. The smallest absolute Gasteiger partial charge is 0.237 e. The highest BCUT2D eigenvalue weighted by molar-refractivity contribution is 5.91. The van der Waals surface area contributed by atoms with Gasteiger partial charge in [0, 0.05) is 6.42 Å². The van der Waals surface area contributed by atoms with Gasteiger partial charge in [0.15, 0.2) is 5.78 Å². The van der Waals surface area contributed by atoms with Crippen molar-refractivity contribution < 1.29 is 14.7 Å². The minimum absolute atomic E-state index is 0.0113. The summed E-state index contributed by atoms with van der Waals surface area (Å²) in [7, 11) is 1.69. The fourth-order valence-corrected chi connectivity index (χ4v) is 1.67. The first-order chi connectivity index (χ1) is 9.47. The van der Waals surface area contributed by atoms with E-state index in [4.69, 9.17) is 5.11 Å². The summed E-state index contributed by atoms with van der Waals surface area (Å²) in [5.74, 6) is -0.234. The fraction of sp³-hybridized carbons (Fsp3) is 0.467. The monoisotopic (exact) mass is 278 g/mol. The van der Waals surface area contributed by atoms with Gasteiger partial charge < -0.3 is 15.7 Å². The molecule has 110 valence electrons. The second-order valence-electron chi connectivity index (χ2n) is 4.86. The molecule has 0 aliphatic carbocycles. The lowest BCUT2D eigenvalue weighted by Crippen LogP contribution is -2.47. The lowest BCUT2D eigenvalue weighted by atomic mass is 10.0. The number of nitrogens with one attached hydrogen (secondary N) is 2. The van der Waals surface area contributed by atoms with E-state index in [1.165, 1.54) is 0 Å². The van der Waals surface area contributed by atoms with E-state index in [0.717, 1.165) is 11.1 Å². The summed E-state index contributed by atoms with van der Waals surface area (Å²) in [6.45, 7) is 3.41. The standard InChI is InChI=1S/C15H22N2O3/c1-10(17-15(20)11(2)16-3)14(19)8-12-4-6-13(9-18)7-5-12/h4-7,10-11,16,18H,8-9H2,1-3H3,(H,17,20)/t10-,11-/m0/s1. The fourth-order valence-electron chi connectivity index (χ4n) is 1.67. The molecule has 1 aromatic rings. The summed E-state index contributed by atoms with van der Waals surface area (Å²) >= 11 is 0. The predicted molar refractivity (Wildman–Crippen MR) is 77.2 cm³/mol. The molecule has 2 atom stereocenters. The van der Waals surface area contributed by atoms with Crippen LogP contribution in [0.25, 0.3) is 0 Å². The molecule has 5 heteroatoms. The minimum atomic E-state index is -0.518. The molecule has 0 saturated heterocycles. The van der Waals surface area contributed by atoms with Crippen molar-refractivity contribution in [2.75, 3.05) is 7.05 Å². The Kier molecular flexibility index (Phi) is 6.35. The summed E-state index contributed by atoms with van der Waals surface area (Å²) in [6, 6.07) is 6.36. The zero-order chi connectivity index (χ0) is 15.1. The number of Topliss-reactive ketones (excluding diaryl/α,β-unsaturated/α-hetero) is 1. The first-order valence-corrected chi connectivity index (χ1v) is 6.67. The molecule has 0 spiro atoms. The molecule has 0 radical (unpaired) electrons. The Morgan fingerprint density at radius 3 is 2.15 bits per heavy atom. The van der Waals surface area contributed by atoms with Crippen LogP contribution in [-0.4, -0.2) is 35.9 Å². The number of hydrogen-bond acceptors (Lipinski definition) is 4. The highest BCUT2D eigenvalue weighted by atomic mass is 16.3. The van der Waals surface area contributed by atoms with E-state index in [1.807, 2.05) is 12.1 Å². The van der Waals surface area contributed by atoms with E-state index in [-0.39, 0.29) is 30.8 Å². The Balaban J connectivity index is 2.54. The van der Waals surface area contributed by atoms with Gasteiger partial charge >= 0.3 is 0 Å². The molecule has 0 saturated carbocycles. The van der Waals surface area contributed by atoms with Crippen LogP contribution in [0.15, 0.2) is 24.3 Å². The molecule has 1 aromatic carbocycles. The highest BCUT2D eigenvalue weighted by Crippen LogP contribution is 2.06. The number of carbonyl (C=O) groups is 2. The molecular weight excluding hydrogens is 256 g/mol. The summed E-state index contributed by atoms with van der Waals surface area (Å²) in [5, 5.41) is 14.5. The van der Waals surface area contributed by atoms with Crippen molar-refractivity contribution >= 4 is 11.7 Å². The summed E-state index contributed by atoms with van der Waals surface area (Å²) in [4.78, 5) is 23.7. The number of benzene rings is 1. The molecule has 0 aliphatic heterocycles. The number of aliphatic hydroxyl groups excluding tert-OH is 1. The van der Waals surface area contributed by atoms with Crippen molar-refractivity contribution in [3.8, 4) is 0 Å². The van der Waals surface area contributed by atoms with Crippen LogP contribution >= 0.6 is 0 Å². The third-order valence-corrected chi connectivity index (χ3v) is 3.25. The molecule has 0 unspecified atom stereocenters. The first-order valence-electron chi connectivity index (χ1n) is 6.67. The zero-order valence-electron chi connectivity index (χ0n) is 12.1. The lowest BCUT2D eigenvalue weighted by Gasteiger charge is -2.16. The predicted octanol–water partition coefficient (Wildman–Crippen LogP) is 0.403. The molecule has 5 nitrogen and oxygen atoms in total. The maximum absolute atomic E-state index is 12.0. The van der Waals surface area contributed by atoms with Crippen LogP contribution < -0.4 is 10.6 Å². The first kappa shape index (κ1) is 16.3. The van der Waals surface area contributed by atoms with Gasteiger partial charge in [0.2, 0.25) is 5.91 Å². The van der Waals surface area contributed by atoms with Crippen molar-refractivity contribution in [3.63, 3.8) is 0 Å².